The number of hydrogen-bond donors (Lipinski definition) is 3. The number of anilines is 2. The second-order valence-corrected chi connectivity index (χ2v) is 2.80. The van der Waals surface area contributed by atoms with Gasteiger partial charge in [-0.25, -0.2) is 0 Å². The first-order valence-electron chi connectivity index (χ1n) is 4.10. The van der Waals surface area contributed by atoms with Crippen molar-refractivity contribution in [3.05, 3.63) is 23.8 Å². The first-order valence-corrected chi connectivity index (χ1v) is 4.10. The zero-order valence-corrected chi connectivity index (χ0v) is 7.49. The molecule has 0 saturated heterocycles. The number of rotatable bonds is 3. The molecule has 0 heterocycles. The van der Waals surface area contributed by atoms with E-state index in [1.54, 1.807) is 12.1 Å². The minimum atomic E-state index is -1.37. The third-order valence-corrected chi connectivity index (χ3v) is 1.77. The highest BCUT2D eigenvalue weighted by atomic mass is 16.4. The van der Waals surface area contributed by atoms with Gasteiger partial charge in [-0.1, -0.05) is 0 Å². The van der Waals surface area contributed by atoms with Crippen LogP contribution < -0.4 is 16.2 Å². The van der Waals surface area contributed by atoms with Crippen molar-refractivity contribution in [1.82, 2.24) is 0 Å². The first kappa shape index (κ1) is 10.3. The van der Waals surface area contributed by atoms with E-state index in [1.165, 1.54) is 6.07 Å². The smallest absolute Gasteiger partial charge is 0.138 e. The zero-order chi connectivity index (χ0) is 10.6. The van der Waals surface area contributed by atoms with Gasteiger partial charge >= 0.3 is 0 Å². The van der Waals surface area contributed by atoms with Crippen LogP contribution in [0.5, 0.6) is 0 Å². The van der Waals surface area contributed by atoms with Gasteiger partial charge in [-0.2, -0.15) is 0 Å². The van der Waals surface area contributed by atoms with Gasteiger partial charge < -0.3 is 26.1 Å². The molecule has 0 atom stereocenters. The summed E-state index contributed by atoms with van der Waals surface area (Å²) in [5.74, 6) is 0. The van der Waals surface area contributed by atoms with Crippen LogP contribution in [0.2, 0.25) is 0 Å². The molecule has 0 spiro atoms. The predicted octanol–water partition coefficient (Wildman–Crippen LogP) is -0.441. The number of nitrogens with two attached hydrogens (primary N) is 1. The molecule has 1 aromatic carbocycles. The third-order valence-electron chi connectivity index (χ3n) is 1.77. The number of amides is 1. The van der Waals surface area contributed by atoms with E-state index in [1.807, 2.05) is 0 Å². The summed E-state index contributed by atoms with van der Waals surface area (Å²) < 4.78 is 0. The lowest BCUT2D eigenvalue weighted by atomic mass is 10.1. The Hall–Kier alpha value is -1.75. The van der Waals surface area contributed by atoms with Gasteiger partial charge in [-0.05, 0) is 30.2 Å². The number of carbonyl (C=O) groups is 1. The molecular weight excluding hydrogens is 184 g/mol. The molecule has 0 aliphatic carbocycles. The minimum absolute atomic E-state index is 0.0288. The Labute approximate surface area is 81.2 Å². The van der Waals surface area contributed by atoms with Crippen LogP contribution in [-0.2, 0) is 6.42 Å². The molecule has 14 heavy (non-hydrogen) atoms. The normalized spacial score (nSPS) is 9.79. The number of carbonyl (C=O) groups excluding carboxylic acids is 1. The van der Waals surface area contributed by atoms with Crippen LogP contribution in [0.15, 0.2) is 18.2 Å². The van der Waals surface area contributed by atoms with Gasteiger partial charge in [-0.15, -0.1) is 0 Å². The Morgan fingerprint density at radius 2 is 2.29 bits per heavy atom. The molecule has 0 unspecified atom stereocenters. The summed E-state index contributed by atoms with van der Waals surface area (Å²) in [6.07, 6.45) is -0.973. The fourth-order valence-corrected chi connectivity index (χ4v) is 1.14. The largest absolute Gasteiger partial charge is 0.530 e. The topological polar surface area (TPSA) is 98.4 Å². The van der Waals surface area contributed by atoms with Gasteiger partial charge in [0.1, 0.15) is 6.09 Å². The Morgan fingerprint density at radius 3 is 2.86 bits per heavy atom. The van der Waals surface area contributed by atoms with E-state index in [4.69, 9.17) is 10.8 Å². The van der Waals surface area contributed by atoms with Gasteiger partial charge in [0.2, 0.25) is 0 Å². The molecular formula is C9H11N2O3-. The summed E-state index contributed by atoms with van der Waals surface area (Å²) in [6, 6.07) is 4.68. The molecule has 1 amide bonds. The highest BCUT2D eigenvalue weighted by molar-refractivity contribution is 5.81. The average Bonchev–Trinajstić information content (AvgIpc) is 2.10. The van der Waals surface area contributed by atoms with Crippen LogP contribution in [0.1, 0.15) is 5.56 Å². The second kappa shape index (κ2) is 4.48. The van der Waals surface area contributed by atoms with Crippen molar-refractivity contribution in [1.29, 1.82) is 0 Å². The van der Waals surface area contributed by atoms with E-state index >= 15 is 0 Å². The van der Waals surface area contributed by atoms with Crippen molar-refractivity contribution >= 4 is 17.5 Å². The Bertz CT molecular complexity index is 339. The zero-order valence-electron chi connectivity index (χ0n) is 7.49. The van der Waals surface area contributed by atoms with Crippen LogP contribution in [0.25, 0.3) is 0 Å². The average molecular weight is 195 g/mol. The predicted molar refractivity (Wildman–Crippen MR) is 50.7 cm³/mol. The number of hydrogen-bond acceptors (Lipinski definition) is 4. The lowest BCUT2D eigenvalue weighted by molar-refractivity contribution is -0.242. The van der Waals surface area contributed by atoms with Crippen LogP contribution in [-0.4, -0.2) is 17.8 Å². The summed E-state index contributed by atoms with van der Waals surface area (Å²) in [7, 11) is 0. The third kappa shape index (κ3) is 2.63. The van der Waals surface area contributed by atoms with E-state index < -0.39 is 6.09 Å². The highest BCUT2D eigenvalue weighted by Crippen LogP contribution is 2.17. The molecule has 0 aliphatic heterocycles. The van der Waals surface area contributed by atoms with E-state index in [9.17, 15) is 9.90 Å². The van der Waals surface area contributed by atoms with Crippen LogP contribution in [0, 0.1) is 0 Å². The SMILES string of the molecule is Nc1ccc(NC(=O)[O-])cc1CCO. The molecule has 4 N–H and O–H groups in total. The Morgan fingerprint density at radius 1 is 1.57 bits per heavy atom. The Kier molecular flexibility index (Phi) is 3.30. The van der Waals surface area contributed by atoms with Crippen LogP contribution in [0.3, 0.4) is 0 Å². The molecule has 0 aromatic heterocycles. The number of aliphatic hydroxyl groups is 1. The number of carboxylic acid groups (broad SMARTS) is 1. The molecule has 76 valence electrons. The van der Waals surface area contributed by atoms with Crippen LogP contribution in [0.4, 0.5) is 16.2 Å². The maximum Gasteiger partial charge on any atom is 0.138 e. The maximum absolute atomic E-state index is 10.2. The van der Waals surface area contributed by atoms with Gasteiger partial charge in [0.05, 0.1) is 0 Å². The molecule has 5 nitrogen and oxygen atoms in total. The first-order chi connectivity index (χ1) is 6.63. The van der Waals surface area contributed by atoms with Crippen molar-refractivity contribution in [3.8, 4) is 0 Å². The summed E-state index contributed by atoms with van der Waals surface area (Å²) in [5.41, 5.74) is 7.23. The standard InChI is InChI=1S/C9H12N2O3/c10-8-2-1-7(11-9(13)14)5-6(8)3-4-12/h1-2,5,11-12H,3-4,10H2,(H,13,14)/p-1. The van der Waals surface area contributed by atoms with E-state index in [2.05, 4.69) is 5.32 Å². The van der Waals surface area contributed by atoms with Crippen LogP contribution >= 0.6 is 0 Å². The molecule has 0 aliphatic rings. The molecule has 0 bridgehead atoms. The van der Waals surface area contributed by atoms with E-state index in [-0.39, 0.29) is 6.61 Å². The van der Waals surface area contributed by atoms with Crippen molar-refractivity contribution in [2.75, 3.05) is 17.7 Å². The van der Waals surface area contributed by atoms with E-state index in [0.717, 1.165) is 0 Å². The Balaban J connectivity index is 2.88. The molecule has 0 saturated carbocycles. The quantitative estimate of drug-likeness (QED) is 0.569. The second-order valence-electron chi connectivity index (χ2n) is 2.80. The lowest BCUT2D eigenvalue weighted by Gasteiger charge is -2.10. The van der Waals surface area contributed by atoms with Gasteiger partial charge in [0, 0.05) is 18.0 Å². The van der Waals surface area contributed by atoms with Gasteiger partial charge in [0.15, 0.2) is 0 Å². The molecule has 0 fully saturated rings. The van der Waals surface area contributed by atoms with E-state index in [0.29, 0.717) is 23.4 Å². The van der Waals surface area contributed by atoms with Crippen molar-refractivity contribution in [2.24, 2.45) is 0 Å². The maximum atomic E-state index is 10.2. The minimum Gasteiger partial charge on any atom is -0.530 e. The molecule has 5 heteroatoms. The van der Waals surface area contributed by atoms with Crippen molar-refractivity contribution in [3.63, 3.8) is 0 Å². The summed E-state index contributed by atoms with van der Waals surface area (Å²) in [4.78, 5) is 10.2. The fraction of sp³-hybridized carbons (Fsp3) is 0.222. The summed E-state index contributed by atoms with van der Waals surface area (Å²) in [6.45, 7) is -0.0288. The number of aliphatic hydroxyl groups excluding tert-OH is 1. The molecule has 0 radical (unpaired) electrons. The summed E-state index contributed by atoms with van der Waals surface area (Å²) >= 11 is 0. The number of benzene rings is 1. The van der Waals surface area contributed by atoms with Crippen molar-refractivity contribution < 1.29 is 15.0 Å². The lowest BCUT2D eigenvalue weighted by Crippen LogP contribution is -2.28. The fourth-order valence-electron chi connectivity index (χ4n) is 1.14. The number of nitrogen functional groups attached to an aromatic ring is 1. The number of nitrogens with one attached hydrogen (secondary N) is 1. The van der Waals surface area contributed by atoms with Crippen molar-refractivity contribution in [2.45, 2.75) is 6.42 Å². The molecule has 1 rings (SSSR count). The summed E-state index contributed by atoms with van der Waals surface area (Å²) in [5, 5.41) is 21.0. The van der Waals surface area contributed by atoms with Gasteiger partial charge in [-0.3, -0.25) is 0 Å². The highest BCUT2D eigenvalue weighted by Gasteiger charge is 2.00. The molecule has 1 aromatic rings. The van der Waals surface area contributed by atoms with Gasteiger partial charge in [0.25, 0.3) is 0 Å². The monoisotopic (exact) mass is 195 g/mol.